The molecule has 2 saturated heterocycles. The molecular formula is C13H22N4. The zero-order valence-corrected chi connectivity index (χ0v) is 11.0. The van der Waals surface area contributed by atoms with Gasteiger partial charge < -0.3 is 10.2 Å². The Labute approximate surface area is 103 Å². The fourth-order valence-electron chi connectivity index (χ4n) is 3.50. The predicted octanol–water partition coefficient (Wildman–Crippen LogP) is 2.06. The van der Waals surface area contributed by atoms with Crippen LogP contribution in [0.15, 0.2) is 0 Å². The van der Waals surface area contributed by atoms with Gasteiger partial charge in [-0.05, 0) is 46.6 Å². The average molecular weight is 234 g/mol. The summed E-state index contributed by atoms with van der Waals surface area (Å²) in [6.07, 6.45) is 5.31. The first-order valence-electron chi connectivity index (χ1n) is 6.65. The molecule has 2 fully saturated rings. The van der Waals surface area contributed by atoms with Gasteiger partial charge in [-0.1, -0.05) is 0 Å². The van der Waals surface area contributed by atoms with Crippen LogP contribution in [-0.4, -0.2) is 40.3 Å². The Balaban J connectivity index is 1.71. The van der Waals surface area contributed by atoms with Gasteiger partial charge in [0.2, 0.25) is 0 Å². The number of aromatic amines is 1. The Morgan fingerprint density at radius 2 is 1.88 bits per heavy atom. The van der Waals surface area contributed by atoms with Crippen molar-refractivity contribution >= 4 is 5.69 Å². The van der Waals surface area contributed by atoms with E-state index in [4.69, 9.17) is 0 Å². The molecule has 1 aromatic rings. The summed E-state index contributed by atoms with van der Waals surface area (Å²) < 4.78 is 0. The van der Waals surface area contributed by atoms with Crippen molar-refractivity contribution in [2.45, 2.75) is 57.7 Å². The number of hydrogen-bond donors (Lipinski definition) is 2. The highest BCUT2D eigenvalue weighted by atomic mass is 15.2. The molecule has 0 aromatic carbocycles. The molecule has 2 bridgehead atoms. The standard InChI is InChI=1S/C13H22N4/c1-8-13(9(2)16-15-8)14-10-6-11-4-5-12(7-10)17(11)3/h10-12,14H,4-7H2,1-3H3,(H,15,16). The van der Waals surface area contributed by atoms with Gasteiger partial charge in [-0.25, -0.2) is 0 Å². The van der Waals surface area contributed by atoms with Gasteiger partial charge in [0.05, 0.1) is 17.1 Å². The van der Waals surface area contributed by atoms with Crippen LogP contribution in [0.25, 0.3) is 0 Å². The monoisotopic (exact) mass is 234 g/mol. The lowest BCUT2D eigenvalue weighted by Gasteiger charge is -2.37. The van der Waals surface area contributed by atoms with Gasteiger partial charge in [-0.3, -0.25) is 5.10 Å². The minimum absolute atomic E-state index is 0.624. The summed E-state index contributed by atoms with van der Waals surface area (Å²) >= 11 is 0. The van der Waals surface area contributed by atoms with Crippen LogP contribution in [0.4, 0.5) is 5.69 Å². The molecule has 0 spiro atoms. The Kier molecular flexibility index (Phi) is 2.62. The van der Waals surface area contributed by atoms with Crippen molar-refractivity contribution in [3.63, 3.8) is 0 Å². The zero-order valence-electron chi connectivity index (χ0n) is 11.0. The maximum Gasteiger partial charge on any atom is 0.0825 e. The van der Waals surface area contributed by atoms with Gasteiger partial charge in [0, 0.05) is 18.1 Å². The van der Waals surface area contributed by atoms with E-state index in [1.54, 1.807) is 0 Å². The quantitative estimate of drug-likeness (QED) is 0.823. The Morgan fingerprint density at radius 3 is 2.41 bits per heavy atom. The lowest BCUT2D eigenvalue weighted by Crippen LogP contribution is -2.44. The lowest BCUT2D eigenvalue weighted by atomic mass is 9.97. The predicted molar refractivity (Wildman–Crippen MR) is 69.3 cm³/mol. The van der Waals surface area contributed by atoms with E-state index >= 15 is 0 Å². The maximum absolute atomic E-state index is 4.25. The fourth-order valence-corrected chi connectivity index (χ4v) is 3.50. The zero-order chi connectivity index (χ0) is 12.0. The number of rotatable bonds is 2. The molecule has 0 saturated carbocycles. The second-order valence-electron chi connectivity index (χ2n) is 5.67. The lowest BCUT2D eigenvalue weighted by molar-refractivity contribution is 0.169. The first-order chi connectivity index (χ1) is 8.15. The number of aromatic nitrogens is 2. The normalized spacial score (nSPS) is 33.0. The molecule has 2 aliphatic rings. The van der Waals surface area contributed by atoms with Crippen LogP contribution in [-0.2, 0) is 0 Å². The first kappa shape index (κ1) is 11.1. The summed E-state index contributed by atoms with van der Waals surface area (Å²) in [6.45, 7) is 4.15. The van der Waals surface area contributed by atoms with Crippen molar-refractivity contribution in [2.75, 3.05) is 12.4 Å². The third-order valence-corrected chi connectivity index (χ3v) is 4.57. The summed E-state index contributed by atoms with van der Waals surface area (Å²) in [5.74, 6) is 0. The van der Waals surface area contributed by atoms with E-state index in [0.29, 0.717) is 6.04 Å². The molecule has 4 heteroatoms. The number of nitrogens with one attached hydrogen (secondary N) is 2. The third kappa shape index (κ3) is 1.84. The molecule has 17 heavy (non-hydrogen) atoms. The van der Waals surface area contributed by atoms with Gasteiger partial charge >= 0.3 is 0 Å². The van der Waals surface area contributed by atoms with E-state index in [9.17, 15) is 0 Å². The van der Waals surface area contributed by atoms with Crippen molar-refractivity contribution in [3.05, 3.63) is 11.4 Å². The topological polar surface area (TPSA) is 44.0 Å². The van der Waals surface area contributed by atoms with Crippen molar-refractivity contribution in [1.29, 1.82) is 0 Å². The van der Waals surface area contributed by atoms with E-state index in [-0.39, 0.29) is 0 Å². The molecule has 94 valence electrons. The molecule has 2 atom stereocenters. The summed E-state index contributed by atoms with van der Waals surface area (Å²) in [4.78, 5) is 2.58. The first-order valence-corrected chi connectivity index (χ1v) is 6.65. The van der Waals surface area contributed by atoms with Crippen LogP contribution in [0.3, 0.4) is 0 Å². The van der Waals surface area contributed by atoms with Crippen LogP contribution in [0.2, 0.25) is 0 Å². The maximum atomic E-state index is 4.25. The molecule has 2 unspecified atom stereocenters. The molecule has 3 rings (SSSR count). The fraction of sp³-hybridized carbons (Fsp3) is 0.769. The third-order valence-electron chi connectivity index (χ3n) is 4.57. The molecule has 0 aliphatic carbocycles. The highest BCUT2D eigenvalue weighted by Gasteiger charge is 2.38. The van der Waals surface area contributed by atoms with E-state index in [0.717, 1.165) is 23.5 Å². The average Bonchev–Trinajstić information content (AvgIpc) is 2.72. The number of anilines is 1. The number of nitrogens with zero attached hydrogens (tertiary/aromatic N) is 2. The van der Waals surface area contributed by atoms with E-state index in [2.05, 4.69) is 41.3 Å². The molecule has 0 radical (unpaired) electrons. The minimum Gasteiger partial charge on any atom is -0.379 e. The summed E-state index contributed by atoms with van der Waals surface area (Å²) in [5, 5.41) is 11.0. The van der Waals surface area contributed by atoms with Crippen LogP contribution >= 0.6 is 0 Å². The molecular weight excluding hydrogens is 212 g/mol. The summed E-state index contributed by atoms with van der Waals surface area (Å²) in [7, 11) is 2.28. The van der Waals surface area contributed by atoms with Crippen LogP contribution in [0.5, 0.6) is 0 Å². The molecule has 2 aliphatic heterocycles. The van der Waals surface area contributed by atoms with Crippen LogP contribution in [0.1, 0.15) is 37.1 Å². The summed E-state index contributed by atoms with van der Waals surface area (Å²) in [6, 6.07) is 2.20. The Hall–Kier alpha value is -1.03. The molecule has 2 N–H and O–H groups in total. The largest absolute Gasteiger partial charge is 0.379 e. The number of aryl methyl sites for hydroxylation is 2. The second kappa shape index (κ2) is 4.02. The molecule has 4 nitrogen and oxygen atoms in total. The van der Waals surface area contributed by atoms with Gasteiger partial charge in [0.1, 0.15) is 0 Å². The smallest absolute Gasteiger partial charge is 0.0825 e. The molecule has 1 aromatic heterocycles. The molecule has 3 heterocycles. The number of piperidine rings is 1. The van der Waals surface area contributed by atoms with Gasteiger partial charge in [-0.15, -0.1) is 0 Å². The number of H-pyrrole nitrogens is 1. The molecule has 0 amide bonds. The minimum atomic E-state index is 0.624. The number of hydrogen-bond acceptors (Lipinski definition) is 3. The second-order valence-corrected chi connectivity index (χ2v) is 5.67. The van der Waals surface area contributed by atoms with Crippen molar-refractivity contribution in [1.82, 2.24) is 15.1 Å². The van der Waals surface area contributed by atoms with Crippen molar-refractivity contribution in [3.8, 4) is 0 Å². The van der Waals surface area contributed by atoms with E-state index in [1.165, 1.54) is 31.4 Å². The highest BCUT2D eigenvalue weighted by Crippen LogP contribution is 2.35. The number of fused-ring (bicyclic) bond motifs is 2. The Morgan fingerprint density at radius 1 is 1.24 bits per heavy atom. The van der Waals surface area contributed by atoms with Gasteiger partial charge in [-0.2, -0.15) is 5.10 Å². The Bertz CT molecular complexity index is 378. The van der Waals surface area contributed by atoms with E-state index < -0.39 is 0 Å². The van der Waals surface area contributed by atoms with Crippen molar-refractivity contribution in [2.24, 2.45) is 0 Å². The van der Waals surface area contributed by atoms with Crippen LogP contribution < -0.4 is 5.32 Å². The van der Waals surface area contributed by atoms with Crippen molar-refractivity contribution < 1.29 is 0 Å². The summed E-state index contributed by atoms with van der Waals surface area (Å²) in [5.41, 5.74) is 3.47. The van der Waals surface area contributed by atoms with E-state index in [1.807, 2.05) is 0 Å². The van der Waals surface area contributed by atoms with Gasteiger partial charge in [0.25, 0.3) is 0 Å². The van der Waals surface area contributed by atoms with Crippen LogP contribution in [0, 0.1) is 13.8 Å². The highest BCUT2D eigenvalue weighted by molar-refractivity contribution is 5.52. The SMILES string of the molecule is Cc1n[nH]c(C)c1NC1CC2CCC(C1)N2C. The van der Waals surface area contributed by atoms with Gasteiger partial charge in [0.15, 0.2) is 0 Å².